The lowest BCUT2D eigenvalue weighted by molar-refractivity contribution is 0.141. The van der Waals surface area contributed by atoms with E-state index in [9.17, 15) is 0 Å². The molecule has 2 aliphatic rings. The van der Waals surface area contributed by atoms with Crippen LogP contribution in [0.1, 0.15) is 17.7 Å². The molecule has 0 aliphatic carbocycles. The third-order valence-electron chi connectivity index (χ3n) is 4.15. The molecule has 0 bridgehead atoms. The van der Waals surface area contributed by atoms with Crippen LogP contribution in [0.2, 0.25) is 0 Å². The first-order valence-corrected chi connectivity index (χ1v) is 6.66. The van der Waals surface area contributed by atoms with Crippen LogP contribution in [-0.2, 0) is 6.54 Å². The number of aryl methyl sites for hydroxylation is 1. The quantitative estimate of drug-likeness (QED) is 0.834. The molecule has 17 heavy (non-hydrogen) atoms. The molecule has 92 valence electrons. The maximum atomic E-state index is 4.50. The number of pyridine rings is 1. The van der Waals surface area contributed by atoms with Crippen molar-refractivity contribution in [1.29, 1.82) is 0 Å². The zero-order valence-corrected chi connectivity index (χ0v) is 10.5. The largest absolute Gasteiger partial charge is 0.316 e. The van der Waals surface area contributed by atoms with Crippen LogP contribution >= 0.6 is 0 Å². The van der Waals surface area contributed by atoms with Gasteiger partial charge in [0.15, 0.2) is 0 Å². The molecule has 0 aromatic carbocycles. The van der Waals surface area contributed by atoms with E-state index < -0.39 is 0 Å². The van der Waals surface area contributed by atoms with Gasteiger partial charge in [0.1, 0.15) is 0 Å². The molecule has 3 rings (SSSR count). The average Bonchev–Trinajstić information content (AvgIpc) is 2.79. The second-order valence-electron chi connectivity index (χ2n) is 5.53. The smallest absolute Gasteiger partial charge is 0.0544 e. The lowest BCUT2D eigenvalue weighted by atomic mass is 9.88. The number of piperidine rings is 1. The number of hydrogen-bond acceptors (Lipinski definition) is 3. The number of hydrogen-bond donors (Lipinski definition) is 1. The van der Waals surface area contributed by atoms with Gasteiger partial charge in [-0.05, 0) is 56.4 Å². The van der Waals surface area contributed by atoms with Crippen molar-refractivity contribution in [3.05, 3.63) is 29.6 Å². The molecular weight excluding hydrogens is 210 g/mol. The third-order valence-corrected chi connectivity index (χ3v) is 4.15. The molecule has 1 aromatic heterocycles. The molecule has 1 aromatic rings. The molecule has 3 heteroatoms. The van der Waals surface area contributed by atoms with Gasteiger partial charge < -0.3 is 5.32 Å². The van der Waals surface area contributed by atoms with Gasteiger partial charge in [0.25, 0.3) is 0 Å². The van der Waals surface area contributed by atoms with E-state index in [4.69, 9.17) is 0 Å². The second-order valence-corrected chi connectivity index (χ2v) is 5.53. The molecular formula is C14H21N3. The van der Waals surface area contributed by atoms with Gasteiger partial charge in [0.2, 0.25) is 0 Å². The Labute approximate surface area is 103 Å². The molecule has 2 unspecified atom stereocenters. The van der Waals surface area contributed by atoms with Crippen LogP contribution in [0.15, 0.2) is 18.3 Å². The van der Waals surface area contributed by atoms with Crippen LogP contribution in [0.5, 0.6) is 0 Å². The lowest BCUT2D eigenvalue weighted by Gasteiger charge is -2.34. The SMILES string of the molecule is Cc1ccc(CN2CCC3CNCC3C2)nc1. The van der Waals surface area contributed by atoms with E-state index in [0.717, 1.165) is 18.4 Å². The number of likely N-dealkylation sites (tertiary alicyclic amines) is 1. The highest BCUT2D eigenvalue weighted by molar-refractivity contribution is 5.12. The van der Waals surface area contributed by atoms with E-state index >= 15 is 0 Å². The summed E-state index contributed by atoms with van der Waals surface area (Å²) in [6, 6.07) is 4.32. The minimum absolute atomic E-state index is 0.870. The van der Waals surface area contributed by atoms with E-state index in [1.807, 2.05) is 6.20 Å². The Morgan fingerprint density at radius 2 is 2.24 bits per heavy atom. The first-order valence-electron chi connectivity index (χ1n) is 6.66. The monoisotopic (exact) mass is 231 g/mol. The molecule has 2 aliphatic heterocycles. The van der Waals surface area contributed by atoms with Crippen LogP contribution in [0, 0.1) is 18.8 Å². The zero-order chi connectivity index (χ0) is 11.7. The fraction of sp³-hybridized carbons (Fsp3) is 0.643. The van der Waals surface area contributed by atoms with Crippen LogP contribution in [-0.4, -0.2) is 36.1 Å². The second kappa shape index (κ2) is 4.75. The fourth-order valence-electron chi connectivity index (χ4n) is 3.07. The summed E-state index contributed by atoms with van der Waals surface area (Å²) in [5.74, 6) is 1.80. The molecule has 3 heterocycles. The summed E-state index contributed by atoms with van der Waals surface area (Å²) < 4.78 is 0. The molecule has 0 saturated carbocycles. The summed E-state index contributed by atoms with van der Waals surface area (Å²) in [5.41, 5.74) is 2.45. The van der Waals surface area contributed by atoms with Gasteiger partial charge in [0.05, 0.1) is 5.69 Å². The first-order chi connectivity index (χ1) is 8.31. The van der Waals surface area contributed by atoms with Gasteiger partial charge in [-0.25, -0.2) is 0 Å². The lowest BCUT2D eigenvalue weighted by Crippen LogP contribution is -2.39. The van der Waals surface area contributed by atoms with Crippen molar-refractivity contribution in [3.8, 4) is 0 Å². The normalized spacial score (nSPS) is 29.2. The number of nitrogens with zero attached hydrogens (tertiary/aromatic N) is 2. The predicted molar refractivity (Wildman–Crippen MR) is 68.7 cm³/mol. The highest BCUT2D eigenvalue weighted by Gasteiger charge is 2.32. The third kappa shape index (κ3) is 2.50. The van der Waals surface area contributed by atoms with Gasteiger partial charge in [0, 0.05) is 19.3 Å². The van der Waals surface area contributed by atoms with Crippen LogP contribution in [0.3, 0.4) is 0 Å². The minimum atomic E-state index is 0.870. The topological polar surface area (TPSA) is 28.2 Å². The van der Waals surface area contributed by atoms with Crippen molar-refractivity contribution in [3.63, 3.8) is 0 Å². The number of aromatic nitrogens is 1. The number of rotatable bonds is 2. The van der Waals surface area contributed by atoms with E-state index in [1.54, 1.807) is 0 Å². The van der Waals surface area contributed by atoms with Gasteiger partial charge in [-0.15, -0.1) is 0 Å². The van der Waals surface area contributed by atoms with E-state index in [0.29, 0.717) is 0 Å². The Balaban J connectivity index is 1.60. The summed E-state index contributed by atoms with van der Waals surface area (Å²) >= 11 is 0. The Hall–Kier alpha value is -0.930. The van der Waals surface area contributed by atoms with Crippen molar-refractivity contribution in [2.45, 2.75) is 19.9 Å². The highest BCUT2D eigenvalue weighted by atomic mass is 15.2. The summed E-state index contributed by atoms with van der Waals surface area (Å²) in [5, 5.41) is 3.51. The number of nitrogens with one attached hydrogen (secondary N) is 1. The average molecular weight is 231 g/mol. The highest BCUT2D eigenvalue weighted by Crippen LogP contribution is 2.27. The van der Waals surface area contributed by atoms with E-state index in [1.165, 1.54) is 43.9 Å². The summed E-state index contributed by atoms with van der Waals surface area (Å²) in [6.07, 6.45) is 3.32. The zero-order valence-electron chi connectivity index (χ0n) is 10.5. The molecule has 3 nitrogen and oxygen atoms in total. The van der Waals surface area contributed by atoms with Crippen LogP contribution in [0.4, 0.5) is 0 Å². The Morgan fingerprint density at radius 1 is 1.35 bits per heavy atom. The molecule has 2 atom stereocenters. The standard InChI is InChI=1S/C14H21N3/c1-11-2-3-14(16-6-11)10-17-5-4-12-7-15-8-13(12)9-17/h2-3,6,12-13,15H,4-5,7-10H2,1H3. The molecule has 2 saturated heterocycles. The van der Waals surface area contributed by atoms with E-state index in [2.05, 4.69) is 34.3 Å². The fourth-order valence-corrected chi connectivity index (χ4v) is 3.07. The van der Waals surface area contributed by atoms with Gasteiger partial charge in [-0.3, -0.25) is 9.88 Å². The molecule has 1 N–H and O–H groups in total. The maximum absolute atomic E-state index is 4.50. The van der Waals surface area contributed by atoms with Crippen molar-refractivity contribution in [2.24, 2.45) is 11.8 Å². The number of fused-ring (bicyclic) bond motifs is 1. The predicted octanol–water partition coefficient (Wildman–Crippen LogP) is 1.43. The molecule has 0 amide bonds. The Morgan fingerprint density at radius 3 is 3.06 bits per heavy atom. The minimum Gasteiger partial charge on any atom is -0.316 e. The van der Waals surface area contributed by atoms with Crippen molar-refractivity contribution in [2.75, 3.05) is 26.2 Å². The van der Waals surface area contributed by atoms with Gasteiger partial charge in [-0.2, -0.15) is 0 Å². The summed E-state index contributed by atoms with van der Waals surface area (Å²) in [4.78, 5) is 7.06. The van der Waals surface area contributed by atoms with Crippen molar-refractivity contribution < 1.29 is 0 Å². The maximum Gasteiger partial charge on any atom is 0.0544 e. The molecule has 2 fully saturated rings. The Kier molecular flexibility index (Phi) is 3.12. The van der Waals surface area contributed by atoms with Crippen LogP contribution in [0.25, 0.3) is 0 Å². The molecule has 0 spiro atoms. The van der Waals surface area contributed by atoms with Gasteiger partial charge in [-0.1, -0.05) is 6.07 Å². The van der Waals surface area contributed by atoms with Crippen molar-refractivity contribution >= 4 is 0 Å². The summed E-state index contributed by atoms with van der Waals surface area (Å²) in [6.45, 7) is 8.03. The molecule has 0 radical (unpaired) electrons. The van der Waals surface area contributed by atoms with E-state index in [-0.39, 0.29) is 0 Å². The van der Waals surface area contributed by atoms with Gasteiger partial charge >= 0.3 is 0 Å². The van der Waals surface area contributed by atoms with Crippen LogP contribution < -0.4 is 5.32 Å². The van der Waals surface area contributed by atoms with Crippen molar-refractivity contribution in [1.82, 2.24) is 15.2 Å². The Bertz CT molecular complexity index is 374. The summed E-state index contributed by atoms with van der Waals surface area (Å²) in [7, 11) is 0. The first kappa shape index (κ1) is 11.2.